The van der Waals surface area contributed by atoms with Gasteiger partial charge in [-0.25, -0.2) is 13.9 Å². The van der Waals surface area contributed by atoms with Gasteiger partial charge in [-0.2, -0.15) is 15.1 Å². The smallest absolute Gasteiger partial charge is 0.459 e. The van der Waals surface area contributed by atoms with Crippen molar-refractivity contribution in [2.45, 2.75) is 55.8 Å². The molecular formula is C22H27ClFN6O6PS. The van der Waals surface area contributed by atoms with Crippen LogP contribution in [0.5, 0.6) is 5.75 Å². The van der Waals surface area contributed by atoms with Gasteiger partial charge in [0.1, 0.15) is 28.8 Å². The van der Waals surface area contributed by atoms with E-state index in [0.29, 0.717) is 0 Å². The Morgan fingerprint density at radius 2 is 2.03 bits per heavy atom. The van der Waals surface area contributed by atoms with Gasteiger partial charge >= 0.3 is 13.7 Å². The molecule has 4 rings (SSSR count). The lowest BCUT2D eigenvalue weighted by molar-refractivity contribution is -0.149. The highest BCUT2D eigenvalue weighted by molar-refractivity contribution is 8.00. The quantitative estimate of drug-likeness (QED) is 0.180. The molecule has 1 fully saturated rings. The average molecular weight is 589 g/mol. The normalized spacial score (nSPS) is 23.9. The van der Waals surface area contributed by atoms with Gasteiger partial charge in [-0.1, -0.05) is 18.2 Å². The van der Waals surface area contributed by atoms with Crippen molar-refractivity contribution in [3.63, 3.8) is 0 Å². The number of carbonyl (C=O) groups excluding carboxylic acids is 1. The molecule has 0 aliphatic carbocycles. The number of esters is 1. The number of alkyl halides is 1. The van der Waals surface area contributed by atoms with Crippen molar-refractivity contribution in [1.29, 1.82) is 0 Å². The Kier molecular flexibility index (Phi) is 8.80. The Morgan fingerprint density at radius 3 is 2.71 bits per heavy atom. The van der Waals surface area contributed by atoms with Crippen molar-refractivity contribution < 1.29 is 32.6 Å². The van der Waals surface area contributed by atoms with Crippen LogP contribution < -0.4 is 15.3 Å². The summed E-state index contributed by atoms with van der Waals surface area (Å²) in [5.41, 5.74) is 6.28. The van der Waals surface area contributed by atoms with Gasteiger partial charge < -0.3 is 20.1 Å². The van der Waals surface area contributed by atoms with Crippen LogP contribution in [-0.4, -0.2) is 66.9 Å². The van der Waals surface area contributed by atoms with E-state index in [2.05, 4.69) is 20.0 Å². The molecule has 12 nitrogen and oxygen atoms in total. The van der Waals surface area contributed by atoms with Crippen LogP contribution in [0.4, 0.5) is 10.2 Å². The van der Waals surface area contributed by atoms with Gasteiger partial charge in [0.25, 0.3) is 0 Å². The molecule has 206 valence electrons. The first-order valence-electron chi connectivity index (χ1n) is 11.6. The minimum atomic E-state index is -4.20. The first-order chi connectivity index (χ1) is 18.0. The molecule has 6 atom stereocenters. The van der Waals surface area contributed by atoms with Crippen molar-refractivity contribution in [2.24, 2.45) is 0 Å². The van der Waals surface area contributed by atoms with Crippen LogP contribution in [0.1, 0.15) is 26.1 Å². The molecule has 1 aliphatic heterocycles. The summed E-state index contributed by atoms with van der Waals surface area (Å²) in [6, 6.07) is 7.15. The number of nitrogens with zero attached hydrogens (tertiary/aromatic N) is 4. The number of carbonyl (C=O) groups is 1. The minimum Gasteiger partial charge on any atom is -0.462 e. The molecule has 1 unspecified atom stereocenters. The summed E-state index contributed by atoms with van der Waals surface area (Å²) in [6.45, 7) is 4.43. The number of ether oxygens (including phenoxy) is 1. The fraction of sp³-hybridized carbons (Fsp3) is 0.455. The maximum absolute atomic E-state index is 15.3. The van der Waals surface area contributed by atoms with Crippen LogP contribution in [0.25, 0.3) is 11.2 Å². The zero-order valence-corrected chi connectivity index (χ0v) is 23.1. The molecule has 1 saturated heterocycles. The van der Waals surface area contributed by atoms with Crippen molar-refractivity contribution in [1.82, 2.24) is 24.6 Å². The number of aliphatic hydroxyl groups excluding tert-OH is 1. The van der Waals surface area contributed by atoms with E-state index < -0.39 is 42.7 Å². The Hall–Kier alpha value is -2.48. The van der Waals surface area contributed by atoms with Gasteiger partial charge in [-0.15, -0.1) is 11.8 Å². The number of fused-ring (bicyclic) bond motifs is 1. The predicted molar refractivity (Wildman–Crippen MR) is 141 cm³/mol. The lowest BCUT2D eigenvalue weighted by Gasteiger charge is -2.25. The van der Waals surface area contributed by atoms with Gasteiger partial charge in [-0.3, -0.25) is 13.9 Å². The number of aliphatic hydroxyl groups is 1. The number of nitrogen functional groups attached to an aromatic ring is 1. The number of imidazole rings is 1. The average Bonchev–Trinajstić information content (AvgIpc) is 3.39. The van der Waals surface area contributed by atoms with Crippen LogP contribution in [0.15, 0.2) is 36.7 Å². The number of rotatable bonds is 10. The molecule has 1 aliphatic rings. The van der Waals surface area contributed by atoms with Crippen LogP contribution in [-0.2, 0) is 18.6 Å². The maximum atomic E-state index is 15.3. The highest BCUT2D eigenvalue weighted by atomic mass is 35.5. The van der Waals surface area contributed by atoms with E-state index in [9.17, 15) is 14.5 Å². The predicted octanol–water partition coefficient (Wildman–Crippen LogP) is 3.51. The second-order valence-corrected chi connectivity index (χ2v) is 12.1. The molecule has 3 heterocycles. The number of thioether (sulfide) groups is 1. The Balaban J connectivity index is 1.51. The first kappa shape index (κ1) is 28.5. The Bertz CT molecular complexity index is 1340. The summed E-state index contributed by atoms with van der Waals surface area (Å²) in [5.74, 6) is -0.410. The second-order valence-electron chi connectivity index (χ2n) is 8.74. The molecule has 0 amide bonds. The highest BCUT2D eigenvalue weighted by Gasteiger charge is 2.47. The third-order valence-corrected chi connectivity index (χ3v) is 8.77. The summed E-state index contributed by atoms with van der Waals surface area (Å²) in [6.07, 6.45) is -2.31. The topological polar surface area (TPSA) is 164 Å². The summed E-state index contributed by atoms with van der Waals surface area (Å²) in [5, 5.41) is 11.2. The van der Waals surface area contributed by atoms with Crippen molar-refractivity contribution in [3.8, 4) is 5.75 Å². The summed E-state index contributed by atoms with van der Waals surface area (Å²) in [4.78, 5) is 24.4. The van der Waals surface area contributed by atoms with Gasteiger partial charge in [0, 0.05) is 0 Å². The van der Waals surface area contributed by atoms with E-state index in [1.54, 1.807) is 44.2 Å². The molecular weight excluding hydrogens is 562 g/mol. The molecule has 16 heteroatoms. The van der Waals surface area contributed by atoms with Crippen LogP contribution in [0, 0.1) is 0 Å². The fourth-order valence-electron chi connectivity index (χ4n) is 3.67. The van der Waals surface area contributed by atoms with Gasteiger partial charge in [0.15, 0.2) is 17.6 Å². The number of anilines is 1. The van der Waals surface area contributed by atoms with Crippen LogP contribution >= 0.6 is 31.1 Å². The third kappa shape index (κ3) is 6.38. The van der Waals surface area contributed by atoms with Crippen LogP contribution in [0.3, 0.4) is 0 Å². The van der Waals surface area contributed by atoms with Gasteiger partial charge in [0.05, 0.1) is 24.3 Å². The largest absolute Gasteiger partial charge is 0.462 e. The number of para-hydroxylation sites is 1. The van der Waals surface area contributed by atoms with E-state index in [4.69, 9.17) is 31.1 Å². The van der Waals surface area contributed by atoms with E-state index in [-0.39, 0.29) is 40.7 Å². The zero-order chi connectivity index (χ0) is 27.6. The first-order valence-corrected chi connectivity index (χ1v) is 14.4. The number of aromatic nitrogens is 4. The molecule has 1 aromatic carbocycles. The minimum absolute atomic E-state index is 0.0350. The number of benzene rings is 1. The Morgan fingerprint density at radius 1 is 1.32 bits per heavy atom. The van der Waals surface area contributed by atoms with Gasteiger partial charge in [-0.05, 0) is 44.5 Å². The molecule has 0 spiro atoms. The second kappa shape index (κ2) is 11.7. The maximum Gasteiger partial charge on any atom is 0.459 e. The van der Waals surface area contributed by atoms with E-state index in [1.807, 2.05) is 0 Å². The number of nitrogens with two attached hydrogens (primary N) is 1. The van der Waals surface area contributed by atoms with Gasteiger partial charge in [0.2, 0.25) is 5.28 Å². The number of hydrogen-bond donors (Lipinski definition) is 3. The molecule has 0 bridgehead atoms. The fourth-order valence-corrected chi connectivity index (χ4v) is 6.87. The van der Waals surface area contributed by atoms with Crippen molar-refractivity contribution in [2.75, 3.05) is 12.3 Å². The zero-order valence-electron chi connectivity index (χ0n) is 20.6. The summed E-state index contributed by atoms with van der Waals surface area (Å²) >= 11 is 6.94. The third-order valence-electron chi connectivity index (χ3n) is 5.42. The molecule has 0 saturated carbocycles. The van der Waals surface area contributed by atoms with Crippen molar-refractivity contribution >= 4 is 54.1 Å². The van der Waals surface area contributed by atoms with Crippen molar-refractivity contribution in [3.05, 3.63) is 41.9 Å². The number of nitrogens with one attached hydrogen (secondary N) is 1. The number of hydrogen-bond acceptors (Lipinski definition) is 11. The lowest BCUT2D eigenvalue weighted by atomic mass is 10.1. The monoisotopic (exact) mass is 588 g/mol. The molecule has 3 aromatic rings. The highest BCUT2D eigenvalue weighted by Crippen LogP contribution is 2.49. The number of halogens is 2. The summed E-state index contributed by atoms with van der Waals surface area (Å²) in [7, 11) is -4.20. The molecule has 4 N–H and O–H groups in total. The standard InChI is InChI=1S/C22H27ClFN6O6PS/c1-11(2)35-21(32)12(3)29-37(33,36-13-7-5-4-6-8-13)34-9-14-17(31)15(24)20(38-14)30-10-26-16-18(25)27-22(23)28-19(16)30/h4-8,10-12,14-15,17,20,31H,9H2,1-3H3,(H,29,33)(H2,25,27,28)/t12-,14+,15-,17+,20+,37?/m0/s1. The summed E-state index contributed by atoms with van der Waals surface area (Å²) < 4.78 is 46.7. The van der Waals surface area contributed by atoms with E-state index in [1.165, 1.54) is 17.8 Å². The molecule has 38 heavy (non-hydrogen) atoms. The molecule has 2 aromatic heterocycles. The lowest BCUT2D eigenvalue weighted by Crippen LogP contribution is -2.37. The van der Waals surface area contributed by atoms with E-state index >= 15 is 4.39 Å². The van der Waals surface area contributed by atoms with E-state index in [0.717, 1.165) is 11.8 Å². The van der Waals surface area contributed by atoms with Crippen LogP contribution in [0.2, 0.25) is 5.28 Å². The molecule has 0 radical (unpaired) electrons. The Labute approximate surface area is 227 Å². The SMILES string of the molecule is CC(C)OC(=O)[C@H](C)NP(=O)(OC[C@H]1S[C@@H](n2cnc3c(N)nc(Cl)nc32)[C@@H](F)[C@@H]1O)Oc1ccccc1.